The molecule has 0 radical (unpaired) electrons. The lowest BCUT2D eigenvalue weighted by Crippen LogP contribution is -2.32. The van der Waals surface area contributed by atoms with Crippen LogP contribution in [0.25, 0.3) is 0 Å². The third-order valence-corrected chi connectivity index (χ3v) is 6.71. The Bertz CT molecular complexity index is 1430. The first kappa shape index (κ1) is 24.0. The molecular formula is C23H19ClN4O6S. The average Bonchev–Trinajstić information content (AvgIpc) is 3.07. The van der Waals surface area contributed by atoms with Gasteiger partial charge in [0.05, 0.1) is 24.8 Å². The molecule has 0 fully saturated rings. The minimum absolute atomic E-state index is 0.0228. The van der Waals surface area contributed by atoms with Gasteiger partial charge in [0.1, 0.15) is 28.0 Å². The molecule has 10 nitrogen and oxygen atoms in total. The Balaban J connectivity index is 1.56. The van der Waals surface area contributed by atoms with Crippen LogP contribution in [0.5, 0.6) is 11.5 Å². The third kappa shape index (κ3) is 4.77. The second-order valence-electron chi connectivity index (χ2n) is 7.14. The SMILES string of the molecule is COc1ccc(OC)c(N2C(=O)C(Cl)=C(Nc3ccc(S(=O)(=O)Nc4ccccn4)cc3)C2=O)c1. The van der Waals surface area contributed by atoms with Gasteiger partial charge in [0.15, 0.2) is 0 Å². The molecule has 12 heteroatoms. The molecule has 0 aliphatic carbocycles. The van der Waals surface area contributed by atoms with Crippen LogP contribution in [-0.4, -0.2) is 39.4 Å². The number of sulfonamides is 1. The summed E-state index contributed by atoms with van der Waals surface area (Å²) in [5.74, 6) is -0.595. The van der Waals surface area contributed by atoms with Crippen molar-refractivity contribution in [3.63, 3.8) is 0 Å². The summed E-state index contributed by atoms with van der Waals surface area (Å²) in [6.45, 7) is 0. The summed E-state index contributed by atoms with van der Waals surface area (Å²) in [6.07, 6.45) is 1.46. The van der Waals surface area contributed by atoms with Crippen LogP contribution in [0.4, 0.5) is 17.2 Å². The highest BCUT2D eigenvalue weighted by molar-refractivity contribution is 7.92. The molecule has 0 bridgehead atoms. The number of carbonyl (C=O) groups is 2. The first-order valence-corrected chi connectivity index (χ1v) is 11.9. The summed E-state index contributed by atoms with van der Waals surface area (Å²) < 4.78 is 38.0. The van der Waals surface area contributed by atoms with Gasteiger partial charge in [0.2, 0.25) is 0 Å². The van der Waals surface area contributed by atoms with E-state index in [1.807, 2.05) is 0 Å². The number of nitrogens with zero attached hydrogens (tertiary/aromatic N) is 2. The van der Waals surface area contributed by atoms with E-state index in [0.29, 0.717) is 11.4 Å². The van der Waals surface area contributed by atoms with Gasteiger partial charge in [-0.1, -0.05) is 17.7 Å². The molecular weight excluding hydrogens is 496 g/mol. The molecule has 0 unspecified atom stereocenters. The number of pyridine rings is 1. The van der Waals surface area contributed by atoms with Crippen molar-refractivity contribution < 1.29 is 27.5 Å². The van der Waals surface area contributed by atoms with Crippen molar-refractivity contribution in [2.75, 3.05) is 29.2 Å². The van der Waals surface area contributed by atoms with E-state index in [1.54, 1.807) is 24.3 Å². The maximum atomic E-state index is 13.1. The van der Waals surface area contributed by atoms with Crippen molar-refractivity contribution in [3.8, 4) is 11.5 Å². The number of ether oxygens (including phenoxy) is 2. The molecule has 1 aliphatic heterocycles. The highest BCUT2D eigenvalue weighted by Gasteiger charge is 2.40. The Morgan fingerprint density at radius 3 is 2.31 bits per heavy atom. The van der Waals surface area contributed by atoms with E-state index in [9.17, 15) is 18.0 Å². The second kappa shape index (κ2) is 9.65. The van der Waals surface area contributed by atoms with Crippen LogP contribution in [0, 0.1) is 0 Å². The minimum atomic E-state index is -3.88. The average molecular weight is 515 g/mol. The van der Waals surface area contributed by atoms with Crippen molar-refractivity contribution >= 4 is 50.6 Å². The molecule has 0 saturated carbocycles. The third-order valence-electron chi connectivity index (χ3n) is 4.99. The predicted molar refractivity (Wildman–Crippen MR) is 130 cm³/mol. The lowest BCUT2D eigenvalue weighted by Gasteiger charge is -2.19. The summed E-state index contributed by atoms with van der Waals surface area (Å²) in [6, 6.07) is 15.1. The molecule has 0 saturated heterocycles. The van der Waals surface area contributed by atoms with E-state index >= 15 is 0 Å². The van der Waals surface area contributed by atoms with E-state index in [2.05, 4.69) is 15.0 Å². The lowest BCUT2D eigenvalue weighted by molar-refractivity contribution is -0.120. The van der Waals surface area contributed by atoms with Crippen LogP contribution >= 0.6 is 11.6 Å². The molecule has 1 aromatic heterocycles. The van der Waals surface area contributed by atoms with Crippen molar-refractivity contribution in [2.24, 2.45) is 0 Å². The number of amides is 2. The fraction of sp³-hybridized carbons (Fsp3) is 0.0870. The van der Waals surface area contributed by atoms with Crippen molar-refractivity contribution in [3.05, 3.63) is 77.6 Å². The number of methoxy groups -OCH3 is 2. The number of hydrogen-bond donors (Lipinski definition) is 2. The number of benzene rings is 2. The van der Waals surface area contributed by atoms with E-state index in [0.717, 1.165) is 4.90 Å². The Labute approximate surface area is 206 Å². The Hall–Kier alpha value is -4.09. The smallest absolute Gasteiger partial charge is 0.283 e. The van der Waals surface area contributed by atoms with Crippen molar-refractivity contribution in [2.45, 2.75) is 4.90 Å². The molecule has 0 spiro atoms. The predicted octanol–water partition coefficient (Wildman–Crippen LogP) is 3.34. The van der Waals surface area contributed by atoms with Crippen molar-refractivity contribution in [1.82, 2.24) is 4.98 Å². The second-order valence-corrected chi connectivity index (χ2v) is 9.20. The summed E-state index contributed by atoms with van der Waals surface area (Å²) >= 11 is 6.20. The Morgan fingerprint density at radius 1 is 0.943 bits per heavy atom. The number of carbonyl (C=O) groups excluding carboxylic acids is 2. The number of anilines is 3. The van der Waals surface area contributed by atoms with Gasteiger partial charge in [-0.25, -0.2) is 18.3 Å². The zero-order chi connectivity index (χ0) is 25.2. The number of imide groups is 1. The number of hydrogen-bond acceptors (Lipinski definition) is 8. The van der Waals surface area contributed by atoms with Crippen LogP contribution < -0.4 is 24.4 Å². The minimum Gasteiger partial charge on any atom is -0.497 e. The maximum Gasteiger partial charge on any atom is 0.283 e. The number of rotatable bonds is 8. The maximum absolute atomic E-state index is 13.1. The molecule has 2 N–H and O–H groups in total. The van der Waals surface area contributed by atoms with Crippen LogP contribution in [-0.2, 0) is 19.6 Å². The zero-order valence-electron chi connectivity index (χ0n) is 18.5. The van der Waals surface area contributed by atoms with Gasteiger partial charge in [0.25, 0.3) is 21.8 Å². The number of nitrogens with one attached hydrogen (secondary N) is 2. The van der Waals surface area contributed by atoms with E-state index < -0.39 is 21.8 Å². The van der Waals surface area contributed by atoms with Crippen LogP contribution in [0.1, 0.15) is 0 Å². The van der Waals surface area contributed by atoms with Crippen molar-refractivity contribution in [1.29, 1.82) is 0 Å². The van der Waals surface area contributed by atoms with Crippen LogP contribution in [0.15, 0.2) is 82.5 Å². The summed E-state index contributed by atoms with van der Waals surface area (Å²) in [7, 11) is -1.02. The standard InChI is InChI=1S/C23H19ClN4O6S/c1-33-15-8-11-18(34-2)17(13-15)28-22(29)20(24)21(23(28)30)26-14-6-9-16(10-7-14)35(31,32)27-19-5-3-4-12-25-19/h3-13,26H,1-2H3,(H,25,27). The first-order chi connectivity index (χ1) is 16.7. The molecule has 180 valence electrons. The molecule has 2 heterocycles. The molecule has 2 amide bonds. The van der Waals surface area contributed by atoms with E-state index in [1.165, 1.54) is 56.8 Å². The van der Waals surface area contributed by atoms with Gasteiger partial charge in [-0.05, 0) is 48.5 Å². The quantitative estimate of drug-likeness (QED) is 0.438. The summed E-state index contributed by atoms with van der Waals surface area (Å²) in [4.78, 5) is 30.7. The molecule has 2 aromatic carbocycles. The molecule has 4 rings (SSSR count). The molecule has 0 atom stereocenters. The topological polar surface area (TPSA) is 127 Å². The normalized spacial score (nSPS) is 13.7. The largest absolute Gasteiger partial charge is 0.497 e. The van der Waals surface area contributed by atoms with Gasteiger partial charge < -0.3 is 14.8 Å². The van der Waals surface area contributed by atoms with Gasteiger partial charge in [-0.3, -0.25) is 14.3 Å². The zero-order valence-corrected chi connectivity index (χ0v) is 20.1. The lowest BCUT2D eigenvalue weighted by atomic mass is 10.2. The molecule has 1 aliphatic rings. The van der Waals surface area contributed by atoms with E-state index in [-0.39, 0.29) is 32.9 Å². The monoisotopic (exact) mass is 514 g/mol. The van der Waals surface area contributed by atoms with Gasteiger partial charge in [0, 0.05) is 18.0 Å². The van der Waals surface area contributed by atoms with Gasteiger partial charge in [-0.15, -0.1) is 0 Å². The molecule has 3 aromatic rings. The Kier molecular flexibility index (Phi) is 6.63. The summed E-state index contributed by atoms with van der Waals surface area (Å²) in [5, 5.41) is 2.48. The first-order valence-electron chi connectivity index (χ1n) is 10.1. The highest BCUT2D eigenvalue weighted by atomic mass is 35.5. The fourth-order valence-corrected chi connectivity index (χ4v) is 4.50. The van der Waals surface area contributed by atoms with E-state index in [4.69, 9.17) is 21.1 Å². The number of halogens is 1. The van der Waals surface area contributed by atoms with Gasteiger partial charge in [-0.2, -0.15) is 0 Å². The highest BCUT2D eigenvalue weighted by Crippen LogP contribution is 2.38. The fourth-order valence-electron chi connectivity index (χ4n) is 3.28. The summed E-state index contributed by atoms with van der Waals surface area (Å²) in [5.41, 5.74) is 0.345. The van der Waals surface area contributed by atoms with Gasteiger partial charge >= 0.3 is 0 Å². The number of aromatic nitrogens is 1. The molecule has 35 heavy (non-hydrogen) atoms. The van der Waals surface area contributed by atoms with Crippen LogP contribution in [0.3, 0.4) is 0 Å². The van der Waals surface area contributed by atoms with Crippen LogP contribution in [0.2, 0.25) is 0 Å². The Morgan fingerprint density at radius 2 is 1.69 bits per heavy atom.